The monoisotopic (exact) mass is 240 g/mol. The van der Waals surface area contributed by atoms with Crippen molar-refractivity contribution in [3.05, 3.63) is 30.1 Å². The van der Waals surface area contributed by atoms with Crippen LogP contribution in [0.3, 0.4) is 0 Å². The summed E-state index contributed by atoms with van der Waals surface area (Å²) in [6.07, 6.45) is 3.53. The molecule has 1 unspecified atom stereocenters. The molecule has 2 heterocycles. The zero-order chi connectivity index (χ0) is 10.9. The average Bonchev–Trinajstić information content (AvgIpc) is 2.47. The first-order valence-electron chi connectivity index (χ1n) is 4.65. The molecule has 1 fully saturated rings. The number of nitrogens with zero attached hydrogens (tertiary/aromatic N) is 2. The Hall–Kier alpha value is -0.650. The van der Waals surface area contributed by atoms with Crippen LogP contribution < -0.4 is 0 Å². The second kappa shape index (κ2) is 4.08. The lowest BCUT2D eigenvalue weighted by Gasteiger charge is -2.30. The fraction of sp³-hybridized carbons (Fsp3) is 0.400. The van der Waals surface area contributed by atoms with E-state index >= 15 is 0 Å². The Bertz CT molecular complexity index is 367. The van der Waals surface area contributed by atoms with Crippen molar-refractivity contribution in [2.24, 2.45) is 0 Å². The zero-order valence-corrected chi connectivity index (χ0v) is 10.0. The molecule has 1 saturated heterocycles. The van der Waals surface area contributed by atoms with Crippen LogP contribution in [0, 0.1) is 0 Å². The van der Waals surface area contributed by atoms with Crippen LogP contribution in [0.5, 0.6) is 0 Å². The van der Waals surface area contributed by atoms with Gasteiger partial charge < -0.3 is 10.0 Å². The Morgan fingerprint density at radius 2 is 2.53 bits per heavy atom. The molecule has 1 aromatic heterocycles. The molecule has 1 N–H and O–H groups in total. The van der Waals surface area contributed by atoms with Crippen LogP contribution in [-0.2, 0) is 6.54 Å². The Labute approximate surface area is 98.5 Å². The summed E-state index contributed by atoms with van der Waals surface area (Å²) in [4.78, 5) is 5.88. The predicted molar refractivity (Wildman–Crippen MR) is 65.5 cm³/mol. The molecule has 0 saturated carbocycles. The quantitative estimate of drug-likeness (QED) is 0.795. The van der Waals surface area contributed by atoms with Crippen molar-refractivity contribution in [1.29, 1.82) is 0 Å². The van der Waals surface area contributed by atoms with Gasteiger partial charge in [0.1, 0.15) is 10.0 Å². The summed E-state index contributed by atoms with van der Waals surface area (Å²) in [5, 5.41) is 10.1. The van der Waals surface area contributed by atoms with Crippen LogP contribution in [0.25, 0.3) is 0 Å². The Morgan fingerprint density at radius 1 is 1.73 bits per heavy atom. The predicted octanol–water partition coefficient (Wildman–Crippen LogP) is 1.62. The summed E-state index contributed by atoms with van der Waals surface area (Å²) in [7, 11) is 0. The van der Waals surface area contributed by atoms with Crippen molar-refractivity contribution in [3.8, 4) is 0 Å². The standard InChI is InChI=1S/C10H12N2OS2/c1-10(13)7-15-9(14)12(10)6-8-3-2-4-11-5-8/h2-5,13H,6-7H2,1H3. The van der Waals surface area contributed by atoms with Crippen LogP contribution >= 0.6 is 24.0 Å². The summed E-state index contributed by atoms with van der Waals surface area (Å²) in [5.41, 5.74) is 0.222. The van der Waals surface area contributed by atoms with Gasteiger partial charge in [0.15, 0.2) is 0 Å². The van der Waals surface area contributed by atoms with Crippen molar-refractivity contribution in [3.63, 3.8) is 0 Å². The second-order valence-electron chi connectivity index (χ2n) is 3.72. The third-order valence-electron chi connectivity index (χ3n) is 2.33. The minimum atomic E-state index is -0.836. The molecule has 0 bridgehead atoms. The van der Waals surface area contributed by atoms with E-state index in [1.807, 2.05) is 17.0 Å². The van der Waals surface area contributed by atoms with E-state index in [4.69, 9.17) is 12.2 Å². The number of aromatic nitrogens is 1. The van der Waals surface area contributed by atoms with Gasteiger partial charge in [-0.2, -0.15) is 0 Å². The highest BCUT2D eigenvalue weighted by Crippen LogP contribution is 2.32. The molecule has 1 atom stereocenters. The highest BCUT2D eigenvalue weighted by atomic mass is 32.2. The number of thioether (sulfide) groups is 1. The SMILES string of the molecule is CC1(O)CSC(=S)N1Cc1cccnc1. The molecule has 2 rings (SSSR count). The number of hydrogen-bond acceptors (Lipinski definition) is 4. The van der Waals surface area contributed by atoms with Gasteiger partial charge in [0.25, 0.3) is 0 Å². The highest BCUT2D eigenvalue weighted by molar-refractivity contribution is 8.23. The van der Waals surface area contributed by atoms with E-state index in [1.54, 1.807) is 19.3 Å². The van der Waals surface area contributed by atoms with Gasteiger partial charge >= 0.3 is 0 Å². The minimum Gasteiger partial charge on any atom is -0.370 e. The molecule has 15 heavy (non-hydrogen) atoms. The highest BCUT2D eigenvalue weighted by Gasteiger charge is 2.37. The number of pyridine rings is 1. The first kappa shape index (κ1) is 10.9. The van der Waals surface area contributed by atoms with Crippen LogP contribution in [0.2, 0.25) is 0 Å². The number of aliphatic hydroxyl groups is 1. The maximum Gasteiger partial charge on any atom is 0.145 e. The maximum absolute atomic E-state index is 10.1. The average molecular weight is 240 g/mol. The van der Waals surface area contributed by atoms with Crippen molar-refractivity contribution in [2.75, 3.05) is 5.75 Å². The largest absolute Gasteiger partial charge is 0.370 e. The first-order chi connectivity index (χ1) is 7.09. The van der Waals surface area contributed by atoms with E-state index in [9.17, 15) is 5.11 Å². The lowest BCUT2D eigenvalue weighted by molar-refractivity contribution is -0.0271. The molecular formula is C10H12N2OS2. The van der Waals surface area contributed by atoms with E-state index in [0.717, 1.165) is 9.88 Å². The fourth-order valence-corrected chi connectivity index (χ4v) is 2.87. The molecule has 0 radical (unpaired) electrons. The van der Waals surface area contributed by atoms with Gasteiger partial charge in [-0.1, -0.05) is 30.0 Å². The van der Waals surface area contributed by atoms with Crippen LogP contribution in [-0.4, -0.2) is 30.8 Å². The second-order valence-corrected chi connectivity index (χ2v) is 5.33. The van der Waals surface area contributed by atoms with Gasteiger partial charge in [-0.05, 0) is 18.6 Å². The molecule has 5 heteroatoms. The number of hydrogen-bond donors (Lipinski definition) is 1. The van der Waals surface area contributed by atoms with Gasteiger partial charge in [-0.15, -0.1) is 0 Å². The summed E-state index contributed by atoms with van der Waals surface area (Å²) < 4.78 is 0.754. The van der Waals surface area contributed by atoms with E-state index in [1.165, 1.54) is 11.8 Å². The third kappa shape index (κ3) is 2.30. The van der Waals surface area contributed by atoms with E-state index in [2.05, 4.69) is 4.98 Å². The summed E-state index contributed by atoms with van der Waals surface area (Å²) in [6, 6.07) is 3.87. The van der Waals surface area contributed by atoms with Crippen molar-refractivity contribution < 1.29 is 5.11 Å². The smallest absolute Gasteiger partial charge is 0.145 e. The van der Waals surface area contributed by atoms with Crippen molar-refractivity contribution in [2.45, 2.75) is 19.2 Å². The zero-order valence-electron chi connectivity index (χ0n) is 8.38. The molecule has 1 aliphatic heterocycles. The van der Waals surface area contributed by atoms with Gasteiger partial charge in [0.2, 0.25) is 0 Å². The van der Waals surface area contributed by atoms with Crippen LogP contribution in [0.1, 0.15) is 12.5 Å². The van der Waals surface area contributed by atoms with Crippen LogP contribution in [0.15, 0.2) is 24.5 Å². The van der Waals surface area contributed by atoms with Gasteiger partial charge in [-0.25, -0.2) is 0 Å². The fourth-order valence-electron chi connectivity index (χ4n) is 1.46. The molecule has 1 aromatic rings. The summed E-state index contributed by atoms with van der Waals surface area (Å²) in [6.45, 7) is 2.41. The molecule has 0 aromatic carbocycles. The van der Waals surface area contributed by atoms with E-state index < -0.39 is 5.72 Å². The van der Waals surface area contributed by atoms with Crippen molar-refractivity contribution in [1.82, 2.24) is 9.88 Å². The normalized spacial score (nSPS) is 26.0. The van der Waals surface area contributed by atoms with Gasteiger partial charge in [0, 0.05) is 24.7 Å². The lowest BCUT2D eigenvalue weighted by atomic mass is 10.2. The first-order valence-corrected chi connectivity index (χ1v) is 6.05. The number of rotatable bonds is 2. The topological polar surface area (TPSA) is 36.4 Å². The minimum absolute atomic E-state index is 0.618. The Kier molecular flexibility index (Phi) is 2.95. The number of thiocarbonyl (C=S) groups is 1. The molecule has 0 amide bonds. The molecule has 0 aliphatic carbocycles. The van der Waals surface area contributed by atoms with Gasteiger partial charge in [-0.3, -0.25) is 4.98 Å². The van der Waals surface area contributed by atoms with Crippen LogP contribution in [0.4, 0.5) is 0 Å². The molecule has 0 spiro atoms. The molecule has 3 nitrogen and oxygen atoms in total. The van der Waals surface area contributed by atoms with E-state index in [0.29, 0.717) is 12.3 Å². The molecular weight excluding hydrogens is 228 g/mol. The van der Waals surface area contributed by atoms with Crippen molar-refractivity contribution >= 4 is 28.3 Å². The molecule has 1 aliphatic rings. The maximum atomic E-state index is 10.1. The summed E-state index contributed by atoms with van der Waals surface area (Å²) >= 11 is 6.72. The third-order valence-corrected chi connectivity index (χ3v) is 4.07. The summed E-state index contributed by atoms with van der Waals surface area (Å²) in [5.74, 6) is 0.631. The Balaban J connectivity index is 2.15. The molecule has 80 valence electrons. The Morgan fingerprint density at radius 3 is 3.07 bits per heavy atom. The van der Waals surface area contributed by atoms with Gasteiger partial charge in [0.05, 0.1) is 0 Å². The lowest BCUT2D eigenvalue weighted by Crippen LogP contribution is -2.43. The van der Waals surface area contributed by atoms with E-state index in [-0.39, 0.29) is 0 Å².